The standard InChI is InChI=1S/C13H14FNOS/c1-8-6-15-7-13(17-8)10-5-12-9(2-3-16-12)4-11(10)14/h2-5,8,13,15H,6-7H2,1H3. The van der Waals surface area contributed by atoms with Crippen LogP contribution in [-0.2, 0) is 0 Å². The Morgan fingerprint density at radius 3 is 3.12 bits per heavy atom. The van der Waals surface area contributed by atoms with Gasteiger partial charge in [-0.15, -0.1) is 11.8 Å². The van der Waals surface area contributed by atoms with E-state index >= 15 is 0 Å². The third kappa shape index (κ3) is 2.07. The first-order valence-corrected chi connectivity index (χ1v) is 6.71. The van der Waals surface area contributed by atoms with Gasteiger partial charge in [-0.25, -0.2) is 4.39 Å². The Kier molecular flexibility index (Phi) is 2.84. The van der Waals surface area contributed by atoms with Gasteiger partial charge in [0.25, 0.3) is 0 Å². The molecule has 90 valence electrons. The number of rotatable bonds is 1. The van der Waals surface area contributed by atoms with Crippen molar-refractivity contribution in [1.82, 2.24) is 5.32 Å². The Labute approximate surface area is 104 Å². The summed E-state index contributed by atoms with van der Waals surface area (Å²) in [4.78, 5) is 0. The minimum absolute atomic E-state index is 0.132. The summed E-state index contributed by atoms with van der Waals surface area (Å²) < 4.78 is 19.4. The minimum atomic E-state index is -0.132. The van der Waals surface area contributed by atoms with E-state index in [0.29, 0.717) is 5.25 Å². The molecule has 2 atom stereocenters. The van der Waals surface area contributed by atoms with Gasteiger partial charge >= 0.3 is 0 Å². The Morgan fingerprint density at radius 2 is 2.29 bits per heavy atom. The first-order valence-electron chi connectivity index (χ1n) is 5.77. The second-order valence-electron chi connectivity index (χ2n) is 4.43. The highest BCUT2D eigenvalue weighted by Crippen LogP contribution is 2.37. The number of benzene rings is 1. The van der Waals surface area contributed by atoms with Gasteiger partial charge in [0, 0.05) is 34.5 Å². The Balaban J connectivity index is 2.00. The number of furan rings is 1. The number of thioether (sulfide) groups is 1. The zero-order valence-corrected chi connectivity index (χ0v) is 10.4. The van der Waals surface area contributed by atoms with Crippen LogP contribution < -0.4 is 5.32 Å². The minimum Gasteiger partial charge on any atom is -0.464 e. The van der Waals surface area contributed by atoms with Gasteiger partial charge in [-0.05, 0) is 18.2 Å². The second kappa shape index (κ2) is 4.35. The van der Waals surface area contributed by atoms with Crippen LogP contribution in [0.2, 0.25) is 0 Å². The summed E-state index contributed by atoms with van der Waals surface area (Å²) in [6.45, 7) is 3.97. The van der Waals surface area contributed by atoms with E-state index < -0.39 is 0 Å². The van der Waals surface area contributed by atoms with Crippen LogP contribution in [0.5, 0.6) is 0 Å². The quantitative estimate of drug-likeness (QED) is 0.841. The van der Waals surface area contributed by atoms with Crippen LogP contribution in [0.3, 0.4) is 0 Å². The SMILES string of the molecule is CC1CNCC(c2cc3occc3cc2F)S1. The van der Waals surface area contributed by atoms with Gasteiger partial charge in [-0.1, -0.05) is 6.92 Å². The molecule has 1 aromatic heterocycles. The lowest BCUT2D eigenvalue weighted by molar-refractivity contribution is 0.581. The van der Waals surface area contributed by atoms with Crippen LogP contribution in [-0.4, -0.2) is 18.3 Å². The Morgan fingerprint density at radius 1 is 1.41 bits per heavy atom. The van der Waals surface area contributed by atoms with Gasteiger partial charge in [-0.3, -0.25) is 0 Å². The van der Waals surface area contributed by atoms with Gasteiger partial charge in [0.1, 0.15) is 11.4 Å². The van der Waals surface area contributed by atoms with Crippen molar-refractivity contribution in [3.63, 3.8) is 0 Å². The molecule has 2 heterocycles. The van der Waals surface area contributed by atoms with Crippen molar-refractivity contribution in [1.29, 1.82) is 0 Å². The highest BCUT2D eigenvalue weighted by Gasteiger charge is 2.23. The van der Waals surface area contributed by atoms with Crippen molar-refractivity contribution < 1.29 is 8.81 Å². The smallest absolute Gasteiger partial charge is 0.134 e. The van der Waals surface area contributed by atoms with Gasteiger partial charge in [0.05, 0.1) is 6.26 Å². The van der Waals surface area contributed by atoms with E-state index in [4.69, 9.17) is 4.42 Å². The van der Waals surface area contributed by atoms with E-state index in [-0.39, 0.29) is 11.1 Å². The van der Waals surface area contributed by atoms with Crippen molar-refractivity contribution in [3.8, 4) is 0 Å². The van der Waals surface area contributed by atoms with E-state index in [1.54, 1.807) is 18.4 Å². The first-order chi connectivity index (χ1) is 8.24. The van der Waals surface area contributed by atoms with Crippen LogP contribution >= 0.6 is 11.8 Å². The van der Waals surface area contributed by atoms with Crippen molar-refractivity contribution in [2.45, 2.75) is 17.4 Å². The van der Waals surface area contributed by atoms with Crippen molar-refractivity contribution >= 4 is 22.7 Å². The van der Waals surface area contributed by atoms with Crippen LogP contribution in [0, 0.1) is 5.82 Å². The summed E-state index contributed by atoms with van der Waals surface area (Å²) in [5.41, 5.74) is 1.51. The molecule has 0 bridgehead atoms. The molecule has 2 aromatic rings. The second-order valence-corrected chi connectivity index (χ2v) is 6.07. The molecule has 17 heavy (non-hydrogen) atoms. The molecule has 0 amide bonds. The molecule has 0 spiro atoms. The fourth-order valence-electron chi connectivity index (χ4n) is 2.22. The van der Waals surface area contributed by atoms with Gasteiger partial charge in [0.15, 0.2) is 0 Å². The topological polar surface area (TPSA) is 25.2 Å². The van der Waals surface area contributed by atoms with E-state index in [9.17, 15) is 4.39 Å². The first kappa shape index (κ1) is 11.1. The zero-order valence-electron chi connectivity index (χ0n) is 9.57. The molecule has 4 heteroatoms. The molecule has 3 rings (SSSR count). The molecule has 0 saturated carbocycles. The fraction of sp³-hybridized carbons (Fsp3) is 0.385. The molecule has 1 fully saturated rings. The average molecular weight is 251 g/mol. The summed E-state index contributed by atoms with van der Waals surface area (Å²) in [6.07, 6.45) is 1.60. The lowest BCUT2D eigenvalue weighted by Crippen LogP contribution is -2.33. The summed E-state index contributed by atoms with van der Waals surface area (Å²) in [5.74, 6) is -0.132. The summed E-state index contributed by atoms with van der Waals surface area (Å²) in [5, 5.41) is 4.85. The maximum Gasteiger partial charge on any atom is 0.134 e. The predicted octanol–water partition coefficient (Wildman–Crippen LogP) is 3.34. The van der Waals surface area contributed by atoms with Gasteiger partial charge < -0.3 is 9.73 Å². The molecular formula is C13H14FNOS. The predicted molar refractivity (Wildman–Crippen MR) is 68.8 cm³/mol. The van der Waals surface area contributed by atoms with Gasteiger partial charge in [0.2, 0.25) is 0 Å². The lowest BCUT2D eigenvalue weighted by Gasteiger charge is -2.27. The van der Waals surface area contributed by atoms with E-state index in [1.807, 2.05) is 17.8 Å². The molecule has 2 nitrogen and oxygen atoms in total. The van der Waals surface area contributed by atoms with Crippen LogP contribution in [0.1, 0.15) is 17.7 Å². The molecule has 2 unspecified atom stereocenters. The maximum absolute atomic E-state index is 14.0. The van der Waals surface area contributed by atoms with Crippen molar-refractivity contribution in [2.75, 3.05) is 13.1 Å². The third-order valence-corrected chi connectivity index (χ3v) is 4.46. The molecule has 1 saturated heterocycles. The molecule has 1 N–H and O–H groups in total. The van der Waals surface area contributed by atoms with Crippen LogP contribution in [0.25, 0.3) is 11.0 Å². The highest BCUT2D eigenvalue weighted by molar-refractivity contribution is 8.00. The summed E-state index contributed by atoms with van der Waals surface area (Å²) in [6, 6.07) is 5.19. The molecule has 1 aliphatic heterocycles. The monoisotopic (exact) mass is 251 g/mol. The lowest BCUT2D eigenvalue weighted by atomic mass is 10.1. The summed E-state index contributed by atoms with van der Waals surface area (Å²) >= 11 is 1.82. The molecule has 0 radical (unpaired) electrons. The molecule has 1 aliphatic rings. The molecule has 0 aliphatic carbocycles. The largest absolute Gasteiger partial charge is 0.464 e. The highest BCUT2D eigenvalue weighted by atomic mass is 32.2. The number of nitrogens with one attached hydrogen (secondary N) is 1. The number of hydrogen-bond donors (Lipinski definition) is 1. The number of hydrogen-bond acceptors (Lipinski definition) is 3. The third-order valence-electron chi connectivity index (χ3n) is 3.08. The van der Waals surface area contributed by atoms with Crippen molar-refractivity contribution in [3.05, 3.63) is 35.8 Å². The number of fused-ring (bicyclic) bond motifs is 1. The van der Waals surface area contributed by atoms with Gasteiger partial charge in [-0.2, -0.15) is 0 Å². The Hall–Kier alpha value is -1.000. The maximum atomic E-state index is 14.0. The molecule has 1 aromatic carbocycles. The van der Waals surface area contributed by atoms with E-state index in [0.717, 1.165) is 29.6 Å². The van der Waals surface area contributed by atoms with E-state index in [2.05, 4.69) is 12.2 Å². The van der Waals surface area contributed by atoms with Crippen LogP contribution in [0.15, 0.2) is 28.9 Å². The van der Waals surface area contributed by atoms with Crippen LogP contribution in [0.4, 0.5) is 4.39 Å². The fourth-order valence-corrected chi connectivity index (χ4v) is 3.54. The normalized spacial score (nSPS) is 25.3. The molecular weight excluding hydrogens is 237 g/mol. The summed E-state index contributed by atoms with van der Waals surface area (Å²) in [7, 11) is 0. The number of halogens is 1. The van der Waals surface area contributed by atoms with Crippen molar-refractivity contribution in [2.24, 2.45) is 0 Å². The zero-order chi connectivity index (χ0) is 11.8. The Bertz CT molecular complexity index is 539. The average Bonchev–Trinajstić information content (AvgIpc) is 2.75. The van der Waals surface area contributed by atoms with E-state index in [1.165, 1.54) is 0 Å².